The minimum atomic E-state index is -3.44. The first-order valence-electron chi connectivity index (χ1n) is 6.40. The summed E-state index contributed by atoms with van der Waals surface area (Å²) in [6, 6.07) is 5.40. The van der Waals surface area contributed by atoms with Crippen LogP contribution in [0.2, 0.25) is 0 Å². The van der Waals surface area contributed by atoms with Gasteiger partial charge >= 0.3 is 0 Å². The summed E-state index contributed by atoms with van der Waals surface area (Å²) in [7, 11) is -3.44. The fraction of sp³-hybridized carbons (Fsp3) is 0.462. The molecule has 20 heavy (non-hydrogen) atoms. The first-order valence-corrected chi connectivity index (χ1v) is 8.01. The van der Waals surface area contributed by atoms with Gasteiger partial charge in [-0.2, -0.15) is 0 Å². The predicted octanol–water partition coefficient (Wildman–Crippen LogP) is 0.853. The Labute approximate surface area is 117 Å². The third kappa shape index (κ3) is 3.55. The van der Waals surface area contributed by atoms with Crippen molar-refractivity contribution in [3.05, 3.63) is 35.6 Å². The molecule has 1 saturated heterocycles. The zero-order valence-corrected chi connectivity index (χ0v) is 11.8. The van der Waals surface area contributed by atoms with E-state index < -0.39 is 15.8 Å². The lowest BCUT2D eigenvalue weighted by Crippen LogP contribution is -2.42. The highest BCUT2D eigenvalue weighted by molar-refractivity contribution is 7.88. The second kappa shape index (κ2) is 5.88. The Morgan fingerprint density at radius 3 is 2.30 bits per heavy atom. The smallest absolute Gasteiger partial charge is 0.220 e. The van der Waals surface area contributed by atoms with Gasteiger partial charge in [0.25, 0.3) is 0 Å². The van der Waals surface area contributed by atoms with Crippen LogP contribution < -0.4 is 5.73 Å². The zero-order valence-electron chi connectivity index (χ0n) is 11.0. The zero-order chi connectivity index (χ0) is 14.8. The quantitative estimate of drug-likeness (QED) is 0.895. The van der Waals surface area contributed by atoms with Crippen LogP contribution in [0.1, 0.15) is 18.4 Å². The van der Waals surface area contributed by atoms with Gasteiger partial charge in [-0.25, -0.2) is 17.1 Å². The molecule has 0 aromatic heterocycles. The molecule has 1 aliphatic heterocycles. The number of primary amides is 1. The van der Waals surface area contributed by atoms with Crippen molar-refractivity contribution in [1.82, 2.24) is 4.31 Å². The number of rotatable bonds is 4. The predicted molar refractivity (Wildman–Crippen MR) is 72.5 cm³/mol. The Bertz CT molecular complexity index is 578. The van der Waals surface area contributed by atoms with Gasteiger partial charge < -0.3 is 5.73 Å². The van der Waals surface area contributed by atoms with Gasteiger partial charge in [0.1, 0.15) is 5.82 Å². The average molecular weight is 300 g/mol. The van der Waals surface area contributed by atoms with E-state index in [2.05, 4.69) is 0 Å². The molecule has 0 atom stereocenters. The summed E-state index contributed by atoms with van der Waals surface area (Å²) < 4.78 is 38.6. The van der Waals surface area contributed by atoms with Gasteiger partial charge in [0, 0.05) is 19.0 Å². The van der Waals surface area contributed by atoms with Crippen LogP contribution >= 0.6 is 0 Å². The van der Waals surface area contributed by atoms with E-state index in [0.29, 0.717) is 31.5 Å². The van der Waals surface area contributed by atoms with Crippen molar-refractivity contribution in [2.75, 3.05) is 13.1 Å². The number of sulfonamides is 1. The Morgan fingerprint density at radius 1 is 1.25 bits per heavy atom. The molecule has 1 amide bonds. The molecule has 0 aliphatic carbocycles. The highest BCUT2D eigenvalue weighted by Gasteiger charge is 2.30. The van der Waals surface area contributed by atoms with Crippen molar-refractivity contribution in [3.63, 3.8) is 0 Å². The molecule has 0 radical (unpaired) electrons. The fourth-order valence-electron chi connectivity index (χ4n) is 2.30. The summed E-state index contributed by atoms with van der Waals surface area (Å²) in [5.41, 5.74) is 5.76. The molecule has 1 aromatic carbocycles. The van der Waals surface area contributed by atoms with Gasteiger partial charge in [-0.1, -0.05) is 12.1 Å². The van der Waals surface area contributed by atoms with E-state index >= 15 is 0 Å². The molecule has 2 rings (SSSR count). The van der Waals surface area contributed by atoms with Crippen molar-refractivity contribution in [3.8, 4) is 0 Å². The second-order valence-corrected chi connectivity index (χ2v) is 6.93. The lowest BCUT2D eigenvalue weighted by atomic mass is 9.98. The summed E-state index contributed by atoms with van der Waals surface area (Å²) in [4.78, 5) is 11.1. The molecule has 0 unspecified atom stereocenters. The number of benzene rings is 1. The fourth-order valence-corrected chi connectivity index (χ4v) is 3.86. The summed E-state index contributed by atoms with van der Waals surface area (Å²) in [5, 5.41) is 0. The van der Waals surface area contributed by atoms with E-state index in [1.807, 2.05) is 0 Å². The largest absolute Gasteiger partial charge is 0.369 e. The Morgan fingerprint density at radius 2 is 1.80 bits per heavy atom. The summed E-state index contributed by atoms with van der Waals surface area (Å²) in [6.45, 7) is 0.605. The minimum Gasteiger partial charge on any atom is -0.369 e. The SMILES string of the molecule is NC(=O)C1CCN(S(=O)(=O)Cc2ccc(F)cc2)CC1. The lowest BCUT2D eigenvalue weighted by molar-refractivity contribution is -0.122. The maximum absolute atomic E-state index is 12.8. The van der Waals surface area contributed by atoms with Gasteiger partial charge in [-0.15, -0.1) is 0 Å². The first-order chi connectivity index (χ1) is 9.38. The van der Waals surface area contributed by atoms with Gasteiger partial charge in [-0.3, -0.25) is 4.79 Å². The maximum atomic E-state index is 12.8. The number of nitrogens with two attached hydrogens (primary N) is 1. The first kappa shape index (κ1) is 14.9. The summed E-state index contributed by atoms with van der Waals surface area (Å²) >= 11 is 0. The van der Waals surface area contributed by atoms with Gasteiger partial charge in [0.05, 0.1) is 5.75 Å². The van der Waals surface area contributed by atoms with E-state index in [4.69, 9.17) is 5.73 Å². The van der Waals surface area contributed by atoms with E-state index in [-0.39, 0.29) is 17.6 Å². The van der Waals surface area contributed by atoms with Crippen LogP contribution in [0.5, 0.6) is 0 Å². The number of hydrogen-bond acceptors (Lipinski definition) is 3. The van der Waals surface area contributed by atoms with Crippen molar-refractivity contribution in [1.29, 1.82) is 0 Å². The van der Waals surface area contributed by atoms with E-state index in [9.17, 15) is 17.6 Å². The summed E-state index contributed by atoms with van der Waals surface area (Å²) in [5.74, 6) is -1.17. The monoisotopic (exact) mass is 300 g/mol. The highest BCUT2D eigenvalue weighted by atomic mass is 32.2. The molecule has 0 bridgehead atoms. The van der Waals surface area contributed by atoms with Crippen molar-refractivity contribution >= 4 is 15.9 Å². The molecule has 7 heteroatoms. The van der Waals surface area contributed by atoms with Crippen molar-refractivity contribution in [2.45, 2.75) is 18.6 Å². The summed E-state index contributed by atoms with van der Waals surface area (Å²) in [6.07, 6.45) is 0.913. The van der Waals surface area contributed by atoms with Crippen LogP contribution in [0.4, 0.5) is 4.39 Å². The molecule has 1 fully saturated rings. The topological polar surface area (TPSA) is 80.5 Å². The standard InChI is InChI=1S/C13H17FN2O3S/c14-12-3-1-10(2-4-12)9-20(18,19)16-7-5-11(6-8-16)13(15)17/h1-4,11H,5-9H2,(H2,15,17). The minimum absolute atomic E-state index is 0.158. The second-order valence-electron chi connectivity index (χ2n) is 4.96. The highest BCUT2D eigenvalue weighted by Crippen LogP contribution is 2.21. The molecule has 110 valence electrons. The van der Waals surface area contributed by atoms with Crippen molar-refractivity contribution < 1.29 is 17.6 Å². The van der Waals surface area contributed by atoms with Gasteiger partial charge in [0.2, 0.25) is 15.9 Å². The number of carbonyl (C=O) groups is 1. The molecular formula is C13H17FN2O3S. The van der Waals surface area contributed by atoms with E-state index in [0.717, 1.165) is 0 Å². The van der Waals surface area contributed by atoms with Crippen LogP contribution in [-0.2, 0) is 20.6 Å². The maximum Gasteiger partial charge on any atom is 0.220 e. The number of hydrogen-bond donors (Lipinski definition) is 1. The molecule has 2 N–H and O–H groups in total. The number of carbonyl (C=O) groups excluding carboxylic acids is 1. The third-order valence-electron chi connectivity index (χ3n) is 3.51. The molecule has 5 nitrogen and oxygen atoms in total. The molecule has 1 aromatic rings. The molecule has 0 saturated carbocycles. The number of halogens is 1. The number of amides is 1. The average Bonchev–Trinajstić information content (AvgIpc) is 2.41. The van der Waals surface area contributed by atoms with Crippen LogP contribution in [0.25, 0.3) is 0 Å². The normalized spacial score (nSPS) is 18.1. The molecule has 1 aliphatic rings. The van der Waals surface area contributed by atoms with Crippen LogP contribution in [-0.4, -0.2) is 31.7 Å². The van der Waals surface area contributed by atoms with Crippen LogP contribution in [0.3, 0.4) is 0 Å². The Kier molecular flexibility index (Phi) is 4.39. The van der Waals surface area contributed by atoms with Gasteiger partial charge in [-0.05, 0) is 30.5 Å². The number of nitrogens with zero attached hydrogens (tertiary/aromatic N) is 1. The van der Waals surface area contributed by atoms with E-state index in [1.165, 1.54) is 28.6 Å². The number of piperidine rings is 1. The third-order valence-corrected chi connectivity index (χ3v) is 5.36. The Hall–Kier alpha value is -1.47. The van der Waals surface area contributed by atoms with Crippen LogP contribution in [0.15, 0.2) is 24.3 Å². The van der Waals surface area contributed by atoms with Gasteiger partial charge in [0.15, 0.2) is 0 Å². The van der Waals surface area contributed by atoms with E-state index in [1.54, 1.807) is 0 Å². The molecular weight excluding hydrogens is 283 g/mol. The molecule has 1 heterocycles. The Balaban J connectivity index is 2.01. The van der Waals surface area contributed by atoms with Crippen molar-refractivity contribution in [2.24, 2.45) is 11.7 Å². The van der Waals surface area contributed by atoms with Crippen LogP contribution in [0, 0.1) is 11.7 Å². The molecule has 0 spiro atoms. The lowest BCUT2D eigenvalue weighted by Gasteiger charge is -2.29.